The predicted octanol–water partition coefficient (Wildman–Crippen LogP) is 6.58. The van der Waals surface area contributed by atoms with Crippen LogP contribution in [-0.4, -0.2) is 22.2 Å². The number of thioether (sulfide) groups is 1. The molecular weight excluding hydrogens is 402 g/mol. The molecule has 3 aromatic rings. The molecule has 4 rings (SSSR count). The normalized spacial score (nSPS) is 16.5. The zero-order chi connectivity index (χ0) is 22.0. The highest BCUT2D eigenvalue weighted by Gasteiger charge is 2.40. The second kappa shape index (κ2) is 9.03. The Morgan fingerprint density at radius 3 is 2.16 bits per heavy atom. The topological polar surface area (TPSA) is 40.5 Å². The quantitative estimate of drug-likeness (QED) is 0.450. The van der Waals surface area contributed by atoms with Gasteiger partial charge in [0.2, 0.25) is 0 Å². The van der Waals surface area contributed by atoms with Crippen molar-refractivity contribution >= 4 is 23.2 Å². The number of benzene rings is 3. The molecule has 1 aliphatic heterocycles. The van der Waals surface area contributed by atoms with Crippen molar-refractivity contribution in [1.82, 2.24) is 4.90 Å². The van der Waals surface area contributed by atoms with Crippen molar-refractivity contribution in [2.75, 3.05) is 6.26 Å². The molecule has 1 aliphatic rings. The molecule has 0 unspecified atom stereocenters. The maximum Gasteiger partial charge on any atom is 0.290 e. The molecule has 4 heteroatoms. The van der Waals surface area contributed by atoms with Crippen LogP contribution < -0.4 is 0 Å². The summed E-state index contributed by atoms with van der Waals surface area (Å²) in [4.78, 5) is 16.1. The van der Waals surface area contributed by atoms with Crippen LogP contribution in [0.2, 0.25) is 0 Å². The van der Waals surface area contributed by atoms with E-state index in [0.717, 1.165) is 16.7 Å². The summed E-state index contributed by atoms with van der Waals surface area (Å²) in [6.45, 7) is 4.77. The van der Waals surface area contributed by atoms with Gasteiger partial charge in [0.25, 0.3) is 5.91 Å². The fraction of sp³-hybridized carbons (Fsp3) is 0.222. The van der Waals surface area contributed by atoms with Gasteiger partial charge in [0.05, 0.1) is 6.04 Å². The standard InChI is InChI=1S/C27H27NO2S/c1-18(2)20-11-13-22(14-12-20)25-24(21-7-5-4-6-8-21)26(29)27(30)28(25)17-19-9-15-23(31-3)16-10-19/h4-16,18,25,29H,17H2,1-3H3/t25-/m0/s1. The van der Waals surface area contributed by atoms with Crippen LogP contribution in [0.5, 0.6) is 0 Å². The Hall–Kier alpha value is -2.98. The summed E-state index contributed by atoms with van der Waals surface area (Å²) < 4.78 is 0. The van der Waals surface area contributed by atoms with E-state index in [1.54, 1.807) is 16.7 Å². The summed E-state index contributed by atoms with van der Waals surface area (Å²) in [5.41, 5.74) is 4.83. The van der Waals surface area contributed by atoms with E-state index in [4.69, 9.17) is 0 Å². The van der Waals surface area contributed by atoms with Crippen LogP contribution in [0.15, 0.2) is 89.5 Å². The highest BCUT2D eigenvalue weighted by Crippen LogP contribution is 2.43. The van der Waals surface area contributed by atoms with Crippen molar-refractivity contribution < 1.29 is 9.90 Å². The number of aliphatic hydroxyl groups is 1. The molecule has 0 aromatic heterocycles. The average Bonchev–Trinajstić information content (AvgIpc) is 3.05. The van der Waals surface area contributed by atoms with Crippen molar-refractivity contribution in [2.24, 2.45) is 0 Å². The van der Waals surface area contributed by atoms with E-state index >= 15 is 0 Å². The second-order valence-corrected chi connectivity index (χ2v) is 9.01. The molecule has 1 atom stereocenters. The first-order chi connectivity index (χ1) is 15.0. The van der Waals surface area contributed by atoms with Gasteiger partial charge in [-0.3, -0.25) is 4.79 Å². The van der Waals surface area contributed by atoms with Gasteiger partial charge in [0.15, 0.2) is 5.76 Å². The van der Waals surface area contributed by atoms with E-state index < -0.39 is 0 Å². The maximum atomic E-state index is 13.2. The molecule has 1 N–H and O–H groups in total. The van der Waals surface area contributed by atoms with Crippen molar-refractivity contribution in [2.45, 2.75) is 37.2 Å². The molecule has 0 fully saturated rings. The SMILES string of the molecule is CSc1ccc(CN2C(=O)C(O)=C(c3ccccc3)[C@@H]2c2ccc(C(C)C)cc2)cc1. The fourth-order valence-corrected chi connectivity index (χ4v) is 4.47. The smallest absolute Gasteiger partial charge is 0.290 e. The van der Waals surface area contributed by atoms with Crippen LogP contribution in [0.3, 0.4) is 0 Å². The van der Waals surface area contributed by atoms with Crippen LogP contribution in [0.25, 0.3) is 5.57 Å². The molecule has 3 nitrogen and oxygen atoms in total. The molecule has 31 heavy (non-hydrogen) atoms. The van der Waals surface area contributed by atoms with E-state index in [1.807, 2.05) is 36.6 Å². The van der Waals surface area contributed by atoms with E-state index in [-0.39, 0.29) is 17.7 Å². The minimum Gasteiger partial charge on any atom is -0.503 e. The zero-order valence-electron chi connectivity index (χ0n) is 18.1. The Labute approximate surface area is 188 Å². The number of hydrogen-bond donors (Lipinski definition) is 1. The van der Waals surface area contributed by atoms with Crippen LogP contribution >= 0.6 is 11.8 Å². The third kappa shape index (κ3) is 4.26. The molecule has 0 bridgehead atoms. The summed E-state index contributed by atoms with van der Waals surface area (Å²) >= 11 is 1.69. The maximum absolute atomic E-state index is 13.2. The van der Waals surface area contributed by atoms with Crippen LogP contribution in [0.4, 0.5) is 0 Å². The lowest BCUT2D eigenvalue weighted by Gasteiger charge is -2.28. The minimum atomic E-state index is -0.337. The third-order valence-corrected chi connectivity index (χ3v) is 6.56. The summed E-state index contributed by atoms with van der Waals surface area (Å²) in [5.74, 6) is -0.0570. The van der Waals surface area contributed by atoms with E-state index in [2.05, 4.69) is 62.4 Å². The number of carbonyl (C=O) groups excluding carboxylic acids is 1. The molecule has 0 saturated carbocycles. The first kappa shape index (κ1) is 21.3. The number of aliphatic hydroxyl groups excluding tert-OH is 1. The molecular formula is C27H27NO2S. The lowest BCUT2D eigenvalue weighted by Crippen LogP contribution is -2.29. The third-order valence-electron chi connectivity index (χ3n) is 5.82. The van der Waals surface area contributed by atoms with Gasteiger partial charge in [0.1, 0.15) is 0 Å². The number of nitrogens with zero attached hydrogens (tertiary/aromatic N) is 1. The van der Waals surface area contributed by atoms with Gasteiger partial charge in [-0.25, -0.2) is 0 Å². The minimum absolute atomic E-state index is 0.162. The molecule has 0 aliphatic carbocycles. The summed E-state index contributed by atoms with van der Waals surface area (Å²) in [6.07, 6.45) is 2.05. The average molecular weight is 430 g/mol. The molecule has 0 spiro atoms. The number of hydrogen-bond acceptors (Lipinski definition) is 3. The Balaban J connectivity index is 1.76. The number of carbonyl (C=O) groups is 1. The van der Waals surface area contributed by atoms with Gasteiger partial charge in [-0.1, -0.05) is 80.6 Å². The zero-order valence-corrected chi connectivity index (χ0v) is 18.9. The largest absolute Gasteiger partial charge is 0.503 e. The Morgan fingerprint density at radius 2 is 1.58 bits per heavy atom. The first-order valence-corrected chi connectivity index (χ1v) is 11.7. The van der Waals surface area contributed by atoms with Crippen molar-refractivity contribution in [3.05, 3.63) is 107 Å². The van der Waals surface area contributed by atoms with Gasteiger partial charge < -0.3 is 10.0 Å². The molecule has 0 saturated heterocycles. The lowest BCUT2D eigenvalue weighted by atomic mass is 9.91. The second-order valence-electron chi connectivity index (χ2n) is 8.13. The van der Waals surface area contributed by atoms with Crippen LogP contribution in [0, 0.1) is 0 Å². The summed E-state index contributed by atoms with van der Waals surface area (Å²) in [5, 5.41) is 10.9. The Kier molecular flexibility index (Phi) is 6.19. The Bertz CT molecular complexity index is 1090. The molecule has 0 radical (unpaired) electrons. The first-order valence-electron chi connectivity index (χ1n) is 10.5. The van der Waals surface area contributed by atoms with Crippen LogP contribution in [-0.2, 0) is 11.3 Å². The molecule has 1 amide bonds. The van der Waals surface area contributed by atoms with Gasteiger partial charge >= 0.3 is 0 Å². The number of rotatable bonds is 6. The Morgan fingerprint density at radius 1 is 0.935 bits per heavy atom. The number of amides is 1. The monoisotopic (exact) mass is 429 g/mol. The molecule has 3 aromatic carbocycles. The van der Waals surface area contributed by atoms with Gasteiger partial charge in [-0.15, -0.1) is 11.8 Å². The van der Waals surface area contributed by atoms with E-state index in [9.17, 15) is 9.90 Å². The van der Waals surface area contributed by atoms with Gasteiger partial charge in [0, 0.05) is 17.0 Å². The summed E-state index contributed by atoms with van der Waals surface area (Å²) in [7, 11) is 0. The van der Waals surface area contributed by atoms with Crippen molar-refractivity contribution in [1.29, 1.82) is 0 Å². The fourth-order valence-electron chi connectivity index (χ4n) is 4.07. The van der Waals surface area contributed by atoms with Crippen molar-refractivity contribution in [3.63, 3.8) is 0 Å². The lowest BCUT2D eigenvalue weighted by molar-refractivity contribution is -0.130. The summed E-state index contributed by atoms with van der Waals surface area (Å²) in [6, 6.07) is 26.0. The van der Waals surface area contributed by atoms with Crippen molar-refractivity contribution in [3.8, 4) is 0 Å². The highest BCUT2D eigenvalue weighted by molar-refractivity contribution is 7.98. The van der Waals surface area contributed by atoms with Crippen LogP contribution in [0.1, 0.15) is 48.1 Å². The molecule has 158 valence electrons. The van der Waals surface area contributed by atoms with Gasteiger partial charge in [-0.05, 0) is 46.6 Å². The highest BCUT2D eigenvalue weighted by atomic mass is 32.2. The van der Waals surface area contributed by atoms with Gasteiger partial charge in [-0.2, -0.15) is 0 Å². The van der Waals surface area contributed by atoms with E-state index in [0.29, 0.717) is 18.0 Å². The molecule has 1 heterocycles. The predicted molar refractivity (Wildman–Crippen MR) is 128 cm³/mol. The van der Waals surface area contributed by atoms with E-state index in [1.165, 1.54) is 10.5 Å².